The zero-order valence-electron chi connectivity index (χ0n) is 12.9. The van der Waals surface area contributed by atoms with Crippen LogP contribution in [0.2, 0.25) is 0 Å². The number of rotatable bonds is 4. The normalized spacial score (nSPS) is 12.0. The fraction of sp³-hybridized carbons (Fsp3) is 0.235. The summed E-state index contributed by atoms with van der Waals surface area (Å²) in [4.78, 5) is 16.9. The summed E-state index contributed by atoms with van der Waals surface area (Å²) in [6.07, 6.45) is 1.64. The molecule has 1 atom stereocenters. The number of hydrogen-bond donors (Lipinski definition) is 1. The van der Waals surface area contributed by atoms with Crippen molar-refractivity contribution in [1.29, 1.82) is 5.26 Å². The second kappa shape index (κ2) is 6.23. The molecule has 5 nitrogen and oxygen atoms in total. The van der Waals surface area contributed by atoms with Crippen LogP contribution in [0.3, 0.4) is 0 Å². The highest BCUT2D eigenvalue weighted by atomic mass is 32.1. The van der Waals surface area contributed by atoms with E-state index in [1.54, 1.807) is 35.2 Å². The molecule has 0 saturated heterocycles. The van der Waals surface area contributed by atoms with Gasteiger partial charge in [0.25, 0.3) is 5.91 Å². The van der Waals surface area contributed by atoms with Gasteiger partial charge in [-0.25, -0.2) is 4.98 Å². The molecule has 116 valence electrons. The Labute approximate surface area is 138 Å². The second-order valence-corrected chi connectivity index (χ2v) is 6.53. The zero-order valence-corrected chi connectivity index (χ0v) is 13.7. The number of aryl methyl sites for hydroxylation is 1. The van der Waals surface area contributed by atoms with Crippen molar-refractivity contribution in [2.24, 2.45) is 7.05 Å². The summed E-state index contributed by atoms with van der Waals surface area (Å²) in [6, 6.07) is 11.7. The lowest BCUT2D eigenvalue weighted by atomic mass is 10.2. The van der Waals surface area contributed by atoms with Crippen molar-refractivity contribution < 1.29 is 4.79 Å². The molecule has 0 aliphatic heterocycles. The number of carbonyl (C=O) groups is 1. The van der Waals surface area contributed by atoms with Gasteiger partial charge in [0.05, 0.1) is 20.8 Å². The number of benzene rings is 1. The summed E-state index contributed by atoms with van der Waals surface area (Å²) in [5.41, 5.74) is 1.96. The molecule has 0 saturated carbocycles. The van der Waals surface area contributed by atoms with E-state index in [4.69, 9.17) is 5.26 Å². The van der Waals surface area contributed by atoms with Crippen molar-refractivity contribution in [3.8, 4) is 6.07 Å². The molecular formula is C17H16N4OS. The van der Waals surface area contributed by atoms with Crippen LogP contribution in [-0.4, -0.2) is 22.0 Å². The van der Waals surface area contributed by atoms with Gasteiger partial charge in [0, 0.05) is 25.7 Å². The topological polar surface area (TPSA) is 70.7 Å². The summed E-state index contributed by atoms with van der Waals surface area (Å²) in [5.74, 6) is -0.0472. The standard InChI is InChI=1S/C17H16N4OS/c1-11(17-20-13-5-3-4-6-15(13)23-17)9-19-16(22)14-7-12(8-18)10-21(14)2/h3-7,10-11H,9H2,1-2H3,(H,19,22)/t11-/m1/s1. The molecule has 1 N–H and O–H groups in total. The number of carbonyl (C=O) groups excluding carboxylic acids is 1. The molecule has 0 fully saturated rings. The molecule has 3 aromatic rings. The van der Waals surface area contributed by atoms with Crippen LogP contribution in [-0.2, 0) is 7.05 Å². The summed E-state index contributed by atoms with van der Waals surface area (Å²) < 4.78 is 2.82. The molecular weight excluding hydrogens is 308 g/mol. The van der Waals surface area contributed by atoms with Gasteiger partial charge in [0.1, 0.15) is 11.8 Å². The third-order valence-electron chi connectivity index (χ3n) is 3.67. The first-order valence-electron chi connectivity index (χ1n) is 7.28. The number of thiazole rings is 1. The van der Waals surface area contributed by atoms with Crippen molar-refractivity contribution in [2.45, 2.75) is 12.8 Å². The summed E-state index contributed by atoms with van der Waals surface area (Å²) in [6.45, 7) is 2.55. The maximum absolute atomic E-state index is 12.2. The number of para-hydroxylation sites is 1. The number of nitrogens with one attached hydrogen (secondary N) is 1. The van der Waals surface area contributed by atoms with E-state index in [2.05, 4.69) is 16.4 Å². The van der Waals surface area contributed by atoms with Crippen LogP contribution in [0.1, 0.15) is 33.9 Å². The molecule has 0 bridgehead atoms. The van der Waals surface area contributed by atoms with Gasteiger partial charge in [-0.05, 0) is 18.2 Å². The van der Waals surface area contributed by atoms with E-state index in [0.29, 0.717) is 17.8 Å². The van der Waals surface area contributed by atoms with Crippen molar-refractivity contribution >= 4 is 27.5 Å². The van der Waals surface area contributed by atoms with Crippen LogP contribution in [0.25, 0.3) is 10.2 Å². The minimum Gasteiger partial charge on any atom is -0.350 e. The lowest BCUT2D eigenvalue weighted by Gasteiger charge is -2.10. The third-order valence-corrected chi connectivity index (χ3v) is 4.94. The van der Waals surface area contributed by atoms with Crippen molar-refractivity contribution in [2.75, 3.05) is 6.54 Å². The summed E-state index contributed by atoms with van der Waals surface area (Å²) >= 11 is 1.65. The lowest BCUT2D eigenvalue weighted by molar-refractivity contribution is 0.0943. The molecule has 0 spiro atoms. The van der Waals surface area contributed by atoms with E-state index >= 15 is 0 Å². The molecule has 2 aromatic heterocycles. The molecule has 1 amide bonds. The molecule has 3 rings (SSSR count). The average molecular weight is 324 g/mol. The fourth-order valence-electron chi connectivity index (χ4n) is 2.38. The van der Waals surface area contributed by atoms with Crippen molar-refractivity contribution in [3.05, 3.63) is 52.8 Å². The van der Waals surface area contributed by atoms with E-state index in [9.17, 15) is 4.79 Å². The monoisotopic (exact) mass is 324 g/mol. The number of nitrogens with zero attached hydrogens (tertiary/aromatic N) is 3. The number of aromatic nitrogens is 2. The van der Waals surface area contributed by atoms with Gasteiger partial charge >= 0.3 is 0 Å². The minimum absolute atomic E-state index is 0.132. The van der Waals surface area contributed by atoms with Gasteiger partial charge in [-0.3, -0.25) is 4.79 Å². The Morgan fingerprint density at radius 3 is 2.96 bits per heavy atom. The predicted octanol–water partition coefficient (Wildman–Crippen LogP) is 3.04. The van der Waals surface area contributed by atoms with Gasteiger partial charge in [0.2, 0.25) is 0 Å². The number of amides is 1. The van der Waals surface area contributed by atoms with E-state index in [1.807, 2.05) is 31.2 Å². The Hall–Kier alpha value is -2.65. The van der Waals surface area contributed by atoms with Crippen molar-refractivity contribution in [1.82, 2.24) is 14.9 Å². The second-order valence-electron chi connectivity index (χ2n) is 5.47. The zero-order chi connectivity index (χ0) is 16.4. The third kappa shape index (κ3) is 3.10. The van der Waals surface area contributed by atoms with Crippen LogP contribution in [0.15, 0.2) is 36.5 Å². The highest BCUT2D eigenvalue weighted by molar-refractivity contribution is 7.18. The maximum atomic E-state index is 12.2. The largest absolute Gasteiger partial charge is 0.350 e. The Morgan fingerprint density at radius 2 is 2.26 bits per heavy atom. The van der Waals surface area contributed by atoms with E-state index in [1.165, 1.54) is 0 Å². The number of hydrogen-bond acceptors (Lipinski definition) is 4. The number of fused-ring (bicyclic) bond motifs is 1. The first-order valence-corrected chi connectivity index (χ1v) is 8.10. The molecule has 6 heteroatoms. The Bertz CT molecular complexity index is 870. The SMILES string of the molecule is C[C@H](CNC(=O)c1cc(C#N)cn1C)c1nc2ccccc2s1. The minimum atomic E-state index is -0.179. The molecule has 0 aliphatic rings. The van der Waals surface area contributed by atoms with Gasteiger partial charge in [-0.1, -0.05) is 19.1 Å². The maximum Gasteiger partial charge on any atom is 0.267 e. The van der Waals surface area contributed by atoms with Crippen LogP contribution < -0.4 is 5.32 Å². The first-order chi connectivity index (χ1) is 11.1. The van der Waals surface area contributed by atoms with Crippen LogP contribution >= 0.6 is 11.3 Å². The van der Waals surface area contributed by atoms with Gasteiger partial charge in [-0.15, -0.1) is 11.3 Å². The Morgan fingerprint density at radius 1 is 1.48 bits per heavy atom. The molecule has 1 aromatic carbocycles. The number of nitriles is 1. The molecule has 0 unspecified atom stereocenters. The summed E-state index contributed by atoms with van der Waals surface area (Å²) in [5, 5.41) is 12.8. The van der Waals surface area contributed by atoms with Crippen LogP contribution in [0.4, 0.5) is 0 Å². The molecule has 0 aliphatic carbocycles. The van der Waals surface area contributed by atoms with E-state index in [-0.39, 0.29) is 11.8 Å². The van der Waals surface area contributed by atoms with Crippen LogP contribution in [0.5, 0.6) is 0 Å². The van der Waals surface area contributed by atoms with Gasteiger partial charge < -0.3 is 9.88 Å². The highest BCUT2D eigenvalue weighted by Crippen LogP contribution is 2.26. The highest BCUT2D eigenvalue weighted by Gasteiger charge is 2.15. The first kappa shape index (κ1) is 15.3. The Kier molecular flexibility index (Phi) is 4.13. The quantitative estimate of drug-likeness (QED) is 0.802. The van der Waals surface area contributed by atoms with E-state index in [0.717, 1.165) is 15.2 Å². The average Bonchev–Trinajstić information content (AvgIpc) is 3.15. The van der Waals surface area contributed by atoms with Crippen LogP contribution in [0, 0.1) is 11.3 Å². The smallest absolute Gasteiger partial charge is 0.267 e. The fourth-order valence-corrected chi connectivity index (χ4v) is 3.39. The molecule has 23 heavy (non-hydrogen) atoms. The molecule has 0 radical (unpaired) electrons. The van der Waals surface area contributed by atoms with Gasteiger partial charge in [0.15, 0.2) is 0 Å². The Balaban J connectivity index is 1.68. The molecule has 2 heterocycles. The van der Waals surface area contributed by atoms with Crippen molar-refractivity contribution in [3.63, 3.8) is 0 Å². The lowest BCUT2D eigenvalue weighted by Crippen LogP contribution is -2.28. The summed E-state index contributed by atoms with van der Waals surface area (Å²) in [7, 11) is 1.76. The van der Waals surface area contributed by atoms with Gasteiger partial charge in [-0.2, -0.15) is 5.26 Å². The predicted molar refractivity (Wildman–Crippen MR) is 90.5 cm³/mol. The van der Waals surface area contributed by atoms with E-state index < -0.39 is 0 Å².